The van der Waals surface area contributed by atoms with Crippen LogP contribution in [0.3, 0.4) is 0 Å². The fourth-order valence-electron chi connectivity index (χ4n) is 5.02. The Bertz CT molecular complexity index is 1180. The van der Waals surface area contributed by atoms with Crippen LogP contribution in [0.2, 0.25) is 0 Å². The molecule has 0 atom stereocenters. The molecule has 5 aromatic carbocycles. The van der Waals surface area contributed by atoms with Crippen LogP contribution >= 0.6 is 7.26 Å². The minimum atomic E-state index is -2.14. The maximum absolute atomic E-state index is 2.34. The molecule has 0 radical (unpaired) electrons. The number of hydrogen-bond acceptors (Lipinski definition) is 0. The van der Waals surface area contributed by atoms with Crippen molar-refractivity contribution < 1.29 is 0 Å². The zero-order valence-corrected chi connectivity index (χ0v) is 20.7. The summed E-state index contributed by atoms with van der Waals surface area (Å²) in [5.74, 6) is 0. The van der Waals surface area contributed by atoms with E-state index >= 15 is 0 Å². The van der Waals surface area contributed by atoms with Crippen molar-refractivity contribution in [3.63, 3.8) is 0 Å². The van der Waals surface area contributed by atoms with Crippen LogP contribution in [-0.4, -0.2) is 0 Å². The van der Waals surface area contributed by atoms with E-state index in [4.69, 9.17) is 0 Å². The third-order valence-electron chi connectivity index (χ3n) is 6.66. The summed E-state index contributed by atoms with van der Waals surface area (Å²) in [4.78, 5) is 0. The molecule has 0 spiro atoms. The summed E-state index contributed by atoms with van der Waals surface area (Å²) < 4.78 is 0. The van der Waals surface area contributed by atoms with E-state index in [0.717, 1.165) is 0 Å². The van der Waals surface area contributed by atoms with Crippen molar-refractivity contribution in [3.8, 4) is 0 Å². The monoisotopic (exact) mass is 457 g/mol. The highest BCUT2D eigenvalue weighted by molar-refractivity contribution is 7.96. The van der Waals surface area contributed by atoms with Crippen molar-refractivity contribution in [1.82, 2.24) is 0 Å². The Morgan fingerprint density at radius 3 is 0.971 bits per heavy atom. The molecule has 0 aliphatic heterocycles. The Morgan fingerprint density at radius 1 is 0.382 bits per heavy atom. The van der Waals surface area contributed by atoms with E-state index in [1.54, 1.807) is 0 Å². The molecule has 0 saturated heterocycles. The van der Waals surface area contributed by atoms with E-state index in [1.165, 1.54) is 38.2 Å². The lowest BCUT2D eigenvalue weighted by Crippen LogP contribution is -2.35. The molecule has 5 rings (SSSR count). The van der Waals surface area contributed by atoms with E-state index < -0.39 is 7.26 Å². The lowest BCUT2D eigenvalue weighted by atomic mass is 10.0. The van der Waals surface area contributed by atoms with Gasteiger partial charge in [0.1, 0.15) is 28.8 Å². The molecule has 166 valence electrons. The van der Waals surface area contributed by atoms with Crippen LogP contribution in [0.5, 0.6) is 0 Å². The molecule has 34 heavy (non-hydrogen) atoms. The first-order chi connectivity index (χ1) is 16.7. The molecule has 0 aliphatic rings. The van der Waals surface area contributed by atoms with Crippen molar-refractivity contribution in [2.75, 3.05) is 0 Å². The van der Waals surface area contributed by atoms with Crippen molar-refractivity contribution >= 4 is 23.2 Å². The second kappa shape index (κ2) is 9.80. The third kappa shape index (κ3) is 4.11. The Labute approximate surface area is 204 Å². The molecule has 0 amide bonds. The van der Waals surface area contributed by atoms with Gasteiger partial charge in [0.15, 0.2) is 0 Å². The first kappa shape index (κ1) is 22.3. The SMILES string of the molecule is Cc1ccc(C(c2ccc(C)cc2)[P+](c2ccccc2)(c2ccccc2)c2ccccc2)cc1. The molecule has 0 fully saturated rings. The van der Waals surface area contributed by atoms with Gasteiger partial charge in [-0.05, 0) is 61.4 Å². The molecule has 0 heterocycles. The average molecular weight is 458 g/mol. The van der Waals surface area contributed by atoms with Gasteiger partial charge in [0.25, 0.3) is 0 Å². The highest BCUT2D eigenvalue weighted by atomic mass is 31.2. The molecule has 0 nitrogen and oxygen atoms in total. The number of aryl methyl sites for hydroxylation is 2. The Hall–Kier alpha value is -3.47. The Kier molecular flexibility index (Phi) is 6.43. The van der Waals surface area contributed by atoms with Gasteiger partial charge in [0, 0.05) is 0 Å². The van der Waals surface area contributed by atoms with Gasteiger partial charge in [0.2, 0.25) is 0 Å². The van der Waals surface area contributed by atoms with Gasteiger partial charge in [-0.15, -0.1) is 0 Å². The van der Waals surface area contributed by atoms with Crippen LogP contribution in [0.15, 0.2) is 140 Å². The van der Waals surface area contributed by atoms with Gasteiger partial charge < -0.3 is 0 Å². The maximum Gasteiger partial charge on any atom is 0.133 e. The topological polar surface area (TPSA) is 0 Å². The lowest BCUT2D eigenvalue weighted by molar-refractivity contribution is 1.13. The molecule has 0 aliphatic carbocycles. The predicted octanol–water partition coefficient (Wildman–Crippen LogP) is 7.39. The van der Waals surface area contributed by atoms with Crippen LogP contribution in [-0.2, 0) is 0 Å². The van der Waals surface area contributed by atoms with Gasteiger partial charge in [-0.2, -0.15) is 0 Å². The quantitative estimate of drug-likeness (QED) is 0.233. The zero-order valence-electron chi connectivity index (χ0n) is 19.8. The highest BCUT2D eigenvalue weighted by Crippen LogP contribution is 2.68. The van der Waals surface area contributed by atoms with E-state index in [1.807, 2.05) is 0 Å². The standard InChI is InChI=1S/C33H30P/c1-26-18-22-28(23-19-26)33(29-24-20-27(2)21-25-29)34(30-12-6-3-7-13-30,31-14-8-4-9-15-31)32-16-10-5-11-17-32/h3-25,33H,1-2H3/q+1. The summed E-state index contributed by atoms with van der Waals surface area (Å²) >= 11 is 0. The van der Waals surface area contributed by atoms with Crippen molar-refractivity contribution in [2.45, 2.75) is 19.5 Å². The predicted molar refractivity (Wildman–Crippen MR) is 149 cm³/mol. The van der Waals surface area contributed by atoms with Gasteiger partial charge in [-0.25, -0.2) is 0 Å². The zero-order chi connectivity index (χ0) is 23.4. The summed E-state index contributed by atoms with van der Waals surface area (Å²) in [5, 5.41) is 4.20. The number of rotatable bonds is 6. The molecule has 1 heteroatoms. The minimum Gasteiger partial charge on any atom is -0.0620 e. The number of hydrogen-bond donors (Lipinski definition) is 0. The van der Waals surface area contributed by atoms with E-state index in [-0.39, 0.29) is 5.66 Å². The molecule has 0 aromatic heterocycles. The largest absolute Gasteiger partial charge is 0.133 e. The van der Waals surface area contributed by atoms with Crippen LogP contribution in [0.1, 0.15) is 27.9 Å². The maximum atomic E-state index is 2.34. The third-order valence-corrected chi connectivity index (χ3v) is 11.4. The smallest absolute Gasteiger partial charge is 0.0620 e. The van der Waals surface area contributed by atoms with E-state index in [0.29, 0.717) is 0 Å². The first-order valence-electron chi connectivity index (χ1n) is 11.9. The lowest BCUT2D eigenvalue weighted by Gasteiger charge is -2.35. The summed E-state index contributed by atoms with van der Waals surface area (Å²) in [5.41, 5.74) is 5.49. The van der Waals surface area contributed by atoms with Crippen molar-refractivity contribution in [1.29, 1.82) is 0 Å². The molecule has 0 bridgehead atoms. The van der Waals surface area contributed by atoms with E-state index in [2.05, 4.69) is 153 Å². The van der Waals surface area contributed by atoms with Crippen LogP contribution < -0.4 is 15.9 Å². The second-order valence-corrected chi connectivity index (χ2v) is 12.5. The molecule has 0 N–H and O–H groups in total. The van der Waals surface area contributed by atoms with Gasteiger partial charge in [-0.3, -0.25) is 0 Å². The van der Waals surface area contributed by atoms with Crippen molar-refractivity contribution in [3.05, 3.63) is 162 Å². The summed E-state index contributed by atoms with van der Waals surface area (Å²) in [7, 11) is -2.14. The van der Waals surface area contributed by atoms with Crippen LogP contribution in [0.25, 0.3) is 0 Å². The summed E-state index contributed by atoms with van der Waals surface area (Å²) in [6, 6.07) is 51.9. The molecule has 0 saturated carbocycles. The van der Waals surface area contributed by atoms with Gasteiger partial charge in [0.05, 0.1) is 0 Å². The van der Waals surface area contributed by atoms with Crippen molar-refractivity contribution in [2.24, 2.45) is 0 Å². The second-order valence-electron chi connectivity index (χ2n) is 8.95. The molecule has 0 unspecified atom stereocenters. The minimum absolute atomic E-state index is 0.195. The van der Waals surface area contributed by atoms with E-state index in [9.17, 15) is 0 Å². The number of benzene rings is 5. The Balaban J connectivity index is 1.93. The summed E-state index contributed by atoms with van der Waals surface area (Å²) in [6.45, 7) is 4.33. The molecular formula is C33H30P+. The highest BCUT2D eigenvalue weighted by Gasteiger charge is 2.53. The van der Waals surface area contributed by atoms with Crippen LogP contribution in [0.4, 0.5) is 0 Å². The average Bonchev–Trinajstić information content (AvgIpc) is 2.90. The van der Waals surface area contributed by atoms with Gasteiger partial charge in [-0.1, -0.05) is 114 Å². The normalized spacial score (nSPS) is 11.5. The first-order valence-corrected chi connectivity index (χ1v) is 13.7. The summed E-state index contributed by atoms with van der Waals surface area (Å²) in [6.07, 6.45) is 0. The molecular weight excluding hydrogens is 427 g/mol. The molecule has 5 aromatic rings. The van der Waals surface area contributed by atoms with Gasteiger partial charge >= 0.3 is 0 Å². The fraction of sp³-hybridized carbons (Fsp3) is 0.0909. The fourth-order valence-corrected chi connectivity index (χ4v) is 9.98. The Morgan fingerprint density at radius 2 is 0.676 bits per heavy atom. The van der Waals surface area contributed by atoms with Crippen LogP contribution in [0, 0.1) is 13.8 Å².